The standard InChI is InChI=1S/C16H18BrNO/c1-11-4-3-5-14(8-11)19-16-7-6-13(9-12(2)18)10-15(16)17/h3-8,10,12H,9,18H2,1-2H3. The molecule has 2 rings (SSSR count). The Morgan fingerprint density at radius 2 is 2.00 bits per heavy atom. The van der Waals surface area contributed by atoms with E-state index in [-0.39, 0.29) is 6.04 Å². The predicted octanol–water partition coefficient (Wildman–Crippen LogP) is 4.44. The summed E-state index contributed by atoms with van der Waals surface area (Å²) in [6.45, 7) is 4.05. The van der Waals surface area contributed by atoms with E-state index in [0.717, 1.165) is 22.4 Å². The molecule has 2 nitrogen and oxygen atoms in total. The van der Waals surface area contributed by atoms with Crippen LogP contribution >= 0.6 is 15.9 Å². The molecule has 2 N–H and O–H groups in total. The summed E-state index contributed by atoms with van der Waals surface area (Å²) in [5.41, 5.74) is 8.20. The third-order valence-electron chi connectivity index (χ3n) is 2.77. The van der Waals surface area contributed by atoms with Gasteiger partial charge in [-0.25, -0.2) is 0 Å². The molecule has 2 aromatic carbocycles. The molecule has 0 heterocycles. The van der Waals surface area contributed by atoms with Crippen molar-refractivity contribution in [3.05, 3.63) is 58.1 Å². The van der Waals surface area contributed by atoms with E-state index in [0.29, 0.717) is 0 Å². The molecule has 1 atom stereocenters. The highest BCUT2D eigenvalue weighted by atomic mass is 79.9. The lowest BCUT2D eigenvalue weighted by atomic mass is 10.1. The zero-order chi connectivity index (χ0) is 13.8. The fourth-order valence-electron chi connectivity index (χ4n) is 1.93. The summed E-state index contributed by atoms with van der Waals surface area (Å²) < 4.78 is 6.82. The normalized spacial score (nSPS) is 12.2. The van der Waals surface area contributed by atoms with E-state index in [9.17, 15) is 0 Å². The van der Waals surface area contributed by atoms with Crippen LogP contribution in [0.15, 0.2) is 46.9 Å². The van der Waals surface area contributed by atoms with Crippen LogP contribution < -0.4 is 10.5 Å². The van der Waals surface area contributed by atoms with E-state index in [2.05, 4.69) is 28.1 Å². The first-order chi connectivity index (χ1) is 9.04. The van der Waals surface area contributed by atoms with Gasteiger partial charge in [0.2, 0.25) is 0 Å². The van der Waals surface area contributed by atoms with Gasteiger partial charge in [-0.1, -0.05) is 18.2 Å². The number of halogens is 1. The molecule has 0 spiro atoms. The zero-order valence-corrected chi connectivity index (χ0v) is 12.8. The molecule has 2 aromatic rings. The lowest BCUT2D eigenvalue weighted by Gasteiger charge is -2.11. The number of aryl methyl sites for hydroxylation is 1. The number of hydrogen-bond donors (Lipinski definition) is 1. The van der Waals surface area contributed by atoms with E-state index in [1.807, 2.05) is 44.2 Å². The summed E-state index contributed by atoms with van der Waals surface area (Å²) in [7, 11) is 0. The van der Waals surface area contributed by atoms with Crippen LogP contribution in [-0.2, 0) is 6.42 Å². The fourth-order valence-corrected chi connectivity index (χ4v) is 2.44. The average Bonchev–Trinajstić information content (AvgIpc) is 2.32. The second kappa shape index (κ2) is 6.22. The summed E-state index contributed by atoms with van der Waals surface area (Å²) in [5, 5.41) is 0. The summed E-state index contributed by atoms with van der Waals surface area (Å²) >= 11 is 3.55. The SMILES string of the molecule is Cc1cccc(Oc2ccc(CC(C)N)cc2Br)c1. The molecule has 100 valence electrons. The van der Waals surface area contributed by atoms with Gasteiger partial charge in [-0.15, -0.1) is 0 Å². The van der Waals surface area contributed by atoms with Gasteiger partial charge in [0.15, 0.2) is 0 Å². The van der Waals surface area contributed by atoms with Crippen molar-refractivity contribution in [1.82, 2.24) is 0 Å². The first-order valence-corrected chi connectivity index (χ1v) is 7.12. The maximum absolute atomic E-state index is 5.87. The largest absolute Gasteiger partial charge is 0.456 e. The van der Waals surface area contributed by atoms with Gasteiger partial charge in [0.25, 0.3) is 0 Å². The minimum Gasteiger partial charge on any atom is -0.456 e. The topological polar surface area (TPSA) is 35.2 Å². The molecule has 0 saturated heterocycles. The lowest BCUT2D eigenvalue weighted by Crippen LogP contribution is -2.17. The molecular formula is C16H18BrNO. The van der Waals surface area contributed by atoms with Gasteiger partial charge in [0.05, 0.1) is 4.47 Å². The van der Waals surface area contributed by atoms with Crippen LogP contribution in [0.4, 0.5) is 0 Å². The van der Waals surface area contributed by atoms with E-state index in [1.165, 1.54) is 11.1 Å². The molecule has 3 heteroatoms. The number of ether oxygens (including phenoxy) is 1. The van der Waals surface area contributed by atoms with Crippen LogP contribution in [0.25, 0.3) is 0 Å². The molecule has 0 fully saturated rings. The van der Waals surface area contributed by atoms with Gasteiger partial charge in [-0.05, 0) is 71.6 Å². The molecule has 0 aliphatic carbocycles. The summed E-state index contributed by atoms with van der Waals surface area (Å²) in [6.07, 6.45) is 0.864. The van der Waals surface area contributed by atoms with Gasteiger partial charge in [-0.2, -0.15) is 0 Å². The Labute approximate surface area is 122 Å². The predicted molar refractivity (Wildman–Crippen MR) is 82.7 cm³/mol. The second-order valence-electron chi connectivity index (χ2n) is 4.86. The van der Waals surface area contributed by atoms with Crippen LogP contribution in [-0.4, -0.2) is 6.04 Å². The Hall–Kier alpha value is -1.32. The van der Waals surface area contributed by atoms with Gasteiger partial charge in [-0.3, -0.25) is 0 Å². The van der Waals surface area contributed by atoms with Crippen molar-refractivity contribution < 1.29 is 4.74 Å². The van der Waals surface area contributed by atoms with Crippen molar-refractivity contribution in [2.45, 2.75) is 26.3 Å². The Morgan fingerprint density at radius 3 is 2.63 bits per heavy atom. The maximum atomic E-state index is 5.87. The van der Waals surface area contributed by atoms with Gasteiger partial charge in [0, 0.05) is 6.04 Å². The zero-order valence-electron chi connectivity index (χ0n) is 11.2. The maximum Gasteiger partial charge on any atom is 0.141 e. The van der Waals surface area contributed by atoms with Crippen molar-refractivity contribution in [3.63, 3.8) is 0 Å². The summed E-state index contributed by atoms with van der Waals surface area (Å²) in [5.74, 6) is 1.67. The molecule has 0 saturated carbocycles. The van der Waals surface area contributed by atoms with Crippen molar-refractivity contribution in [2.24, 2.45) is 5.73 Å². The van der Waals surface area contributed by atoms with Crippen molar-refractivity contribution in [3.8, 4) is 11.5 Å². The van der Waals surface area contributed by atoms with E-state index < -0.39 is 0 Å². The Balaban J connectivity index is 2.17. The molecule has 0 bridgehead atoms. The number of hydrogen-bond acceptors (Lipinski definition) is 2. The Bertz CT molecular complexity index is 566. The molecule has 1 unspecified atom stereocenters. The molecule has 0 aromatic heterocycles. The third kappa shape index (κ3) is 4.08. The Kier molecular flexibility index (Phi) is 4.61. The van der Waals surface area contributed by atoms with Gasteiger partial charge in [0.1, 0.15) is 11.5 Å². The second-order valence-corrected chi connectivity index (χ2v) is 5.72. The highest BCUT2D eigenvalue weighted by Crippen LogP contribution is 2.31. The fraction of sp³-hybridized carbons (Fsp3) is 0.250. The summed E-state index contributed by atoms with van der Waals surface area (Å²) in [4.78, 5) is 0. The Morgan fingerprint density at radius 1 is 1.21 bits per heavy atom. The van der Waals surface area contributed by atoms with Crippen LogP contribution in [0.2, 0.25) is 0 Å². The van der Waals surface area contributed by atoms with Crippen LogP contribution in [0.1, 0.15) is 18.1 Å². The number of rotatable bonds is 4. The first-order valence-electron chi connectivity index (χ1n) is 6.33. The lowest BCUT2D eigenvalue weighted by molar-refractivity contribution is 0.479. The minimum absolute atomic E-state index is 0.162. The molecule has 0 aliphatic rings. The quantitative estimate of drug-likeness (QED) is 0.904. The van der Waals surface area contributed by atoms with Crippen LogP contribution in [0, 0.1) is 6.92 Å². The van der Waals surface area contributed by atoms with Crippen LogP contribution in [0.5, 0.6) is 11.5 Å². The smallest absolute Gasteiger partial charge is 0.141 e. The monoisotopic (exact) mass is 319 g/mol. The van der Waals surface area contributed by atoms with E-state index in [4.69, 9.17) is 10.5 Å². The van der Waals surface area contributed by atoms with E-state index >= 15 is 0 Å². The molecule has 19 heavy (non-hydrogen) atoms. The van der Waals surface area contributed by atoms with E-state index in [1.54, 1.807) is 0 Å². The number of nitrogens with two attached hydrogens (primary N) is 1. The molecule has 0 amide bonds. The van der Waals surface area contributed by atoms with Crippen molar-refractivity contribution in [1.29, 1.82) is 0 Å². The average molecular weight is 320 g/mol. The van der Waals surface area contributed by atoms with Gasteiger partial charge >= 0.3 is 0 Å². The molecule has 0 aliphatic heterocycles. The summed E-state index contributed by atoms with van der Waals surface area (Å²) in [6, 6.07) is 14.3. The van der Waals surface area contributed by atoms with Gasteiger partial charge < -0.3 is 10.5 Å². The third-order valence-corrected chi connectivity index (χ3v) is 3.39. The number of benzene rings is 2. The van der Waals surface area contributed by atoms with Crippen molar-refractivity contribution in [2.75, 3.05) is 0 Å². The highest BCUT2D eigenvalue weighted by molar-refractivity contribution is 9.10. The molecular weight excluding hydrogens is 302 g/mol. The van der Waals surface area contributed by atoms with Crippen LogP contribution in [0.3, 0.4) is 0 Å². The molecule has 0 radical (unpaired) electrons. The van der Waals surface area contributed by atoms with Crippen molar-refractivity contribution >= 4 is 15.9 Å². The highest BCUT2D eigenvalue weighted by Gasteiger charge is 2.05. The first kappa shape index (κ1) is 14.1. The minimum atomic E-state index is 0.162.